The molecule has 2 aromatic heterocycles. The molecule has 2 aromatic rings. The van der Waals surface area contributed by atoms with E-state index in [1.54, 1.807) is 0 Å². The number of nitrogens with one attached hydrogen (secondary N) is 2. The number of nitrogens with zero attached hydrogens (tertiary/aromatic N) is 1. The molecule has 1 unspecified atom stereocenters. The molecule has 1 aliphatic rings. The van der Waals surface area contributed by atoms with Crippen LogP contribution in [0.3, 0.4) is 0 Å². The summed E-state index contributed by atoms with van der Waals surface area (Å²) in [6, 6.07) is 4.32. The summed E-state index contributed by atoms with van der Waals surface area (Å²) in [6.45, 7) is 4.35. The number of aromatic amines is 1. The van der Waals surface area contributed by atoms with Gasteiger partial charge in [0.15, 0.2) is 0 Å². The third-order valence-electron chi connectivity index (χ3n) is 3.27. The van der Waals surface area contributed by atoms with E-state index in [-0.39, 0.29) is 0 Å². The maximum absolute atomic E-state index is 4.36. The first kappa shape index (κ1) is 8.92. The molecule has 0 bridgehead atoms. The summed E-state index contributed by atoms with van der Waals surface area (Å²) < 4.78 is 0. The molecule has 3 rings (SSSR count). The van der Waals surface area contributed by atoms with Gasteiger partial charge in [-0.2, -0.15) is 0 Å². The topological polar surface area (TPSA) is 40.7 Å². The molecule has 2 N–H and O–H groups in total. The van der Waals surface area contributed by atoms with Crippen molar-refractivity contribution in [3.05, 3.63) is 29.6 Å². The minimum absolute atomic E-state index is 0.638. The van der Waals surface area contributed by atoms with E-state index in [1.165, 1.54) is 23.1 Å². The monoisotopic (exact) mass is 201 g/mol. The van der Waals surface area contributed by atoms with Gasteiger partial charge in [-0.1, -0.05) is 0 Å². The molecule has 0 spiro atoms. The molecule has 15 heavy (non-hydrogen) atoms. The van der Waals surface area contributed by atoms with Crippen molar-refractivity contribution in [3.8, 4) is 0 Å². The number of pyridine rings is 1. The summed E-state index contributed by atoms with van der Waals surface area (Å²) in [5.41, 5.74) is 3.65. The van der Waals surface area contributed by atoms with Gasteiger partial charge in [0.25, 0.3) is 0 Å². The minimum Gasteiger partial charge on any atom is -0.343 e. The molecule has 1 atom stereocenters. The molecule has 0 saturated carbocycles. The van der Waals surface area contributed by atoms with Crippen LogP contribution in [0.2, 0.25) is 0 Å². The number of hydrogen-bond donors (Lipinski definition) is 2. The van der Waals surface area contributed by atoms with Crippen LogP contribution >= 0.6 is 0 Å². The molecule has 3 nitrogen and oxygen atoms in total. The van der Waals surface area contributed by atoms with Crippen LogP contribution in [0.15, 0.2) is 18.3 Å². The fraction of sp³-hybridized carbons (Fsp3) is 0.417. The van der Waals surface area contributed by atoms with Crippen LogP contribution < -0.4 is 5.32 Å². The molecule has 1 aliphatic heterocycles. The van der Waals surface area contributed by atoms with E-state index in [4.69, 9.17) is 0 Å². The lowest BCUT2D eigenvalue weighted by Crippen LogP contribution is -2.07. The third kappa shape index (κ3) is 1.43. The highest BCUT2D eigenvalue weighted by atomic mass is 14.9. The Hall–Kier alpha value is -1.35. The van der Waals surface area contributed by atoms with Crippen LogP contribution in [0, 0.1) is 6.92 Å². The zero-order valence-corrected chi connectivity index (χ0v) is 8.88. The van der Waals surface area contributed by atoms with E-state index in [9.17, 15) is 0 Å². The van der Waals surface area contributed by atoms with Crippen molar-refractivity contribution in [3.63, 3.8) is 0 Å². The molecule has 1 saturated heterocycles. The zero-order valence-electron chi connectivity index (χ0n) is 8.88. The lowest BCUT2D eigenvalue weighted by molar-refractivity contribution is 0.743. The van der Waals surface area contributed by atoms with Gasteiger partial charge in [-0.05, 0) is 37.6 Å². The highest BCUT2D eigenvalue weighted by Gasteiger charge is 2.18. The van der Waals surface area contributed by atoms with Gasteiger partial charge in [-0.3, -0.25) is 0 Å². The summed E-state index contributed by atoms with van der Waals surface area (Å²) in [7, 11) is 0. The molecule has 3 heterocycles. The van der Waals surface area contributed by atoms with Crippen molar-refractivity contribution in [1.82, 2.24) is 15.3 Å². The molecular formula is C12H15N3. The second kappa shape index (κ2) is 3.35. The van der Waals surface area contributed by atoms with Crippen molar-refractivity contribution >= 4 is 11.0 Å². The lowest BCUT2D eigenvalue weighted by atomic mass is 10.0. The molecule has 0 amide bonds. The summed E-state index contributed by atoms with van der Waals surface area (Å²) in [5.74, 6) is 0.638. The number of fused-ring (bicyclic) bond motifs is 1. The van der Waals surface area contributed by atoms with Gasteiger partial charge in [0.05, 0.1) is 0 Å². The van der Waals surface area contributed by atoms with Gasteiger partial charge in [0.2, 0.25) is 0 Å². The van der Waals surface area contributed by atoms with E-state index in [0.29, 0.717) is 5.92 Å². The molecule has 3 heteroatoms. The van der Waals surface area contributed by atoms with Gasteiger partial charge in [-0.25, -0.2) is 4.98 Å². The van der Waals surface area contributed by atoms with Crippen molar-refractivity contribution in [2.75, 3.05) is 13.1 Å². The average molecular weight is 201 g/mol. The van der Waals surface area contributed by atoms with E-state index in [1.807, 2.05) is 6.20 Å². The van der Waals surface area contributed by atoms with E-state index < -0.39 is 0 Å². The average Bonchev–Trinajstić information content (AvgIpc) is 2.86. The Bertz CT molecular complexity index is 481. The summed E-state index contributed by atoms with van der Waals surface area (Å²) in [4.78, 5) is 7.79. The van der Waals surface area contributed by atoms with Crippen LogP contribution in [0.5, 0.6) is 0 Å². The van der Waals surface area contributed by atoms with Gasteiger partial charge < -0.3 is 10.3 Å². The molecular weight excluding hydrogens is 186 g/mol. The fourth-order valence-corrected chi connectivity index (χ4v) is 2.32. The number of hydrogen-bond acceptors (Lipinski definition) is 2. The highest BCUT2D eigenvalue weighted by Crippen LogP contribution is 2.26. The van der Waals surface area contributed by atoms with Gasteiger partial charge in [0.1, 0.15) is 5.65 Å². The summed E-state index contributed by atoms with van der Waals surface area (Å²) >= 11 is 0. The van der Waals surface area contributed by atoms with Crippen LogP contribution in [0.4, 0.5) is 0 Å². The van der Waals surface area contributed by atoms with Gasteiger partial charge in [0, 0.05) is 29.7 Å². The smallest absolute Gasteiger partial charge is 0.137 e. The molecule has 0 aliphatic carbocycles. The Morgan fingerprint density at radius 2 is 2.40 bits per heavy atom. The second-order valence-electron chi connectivity index (χ2n) is 4.30. The van der Waals surface area contributed by atoms with Crippen LogP contribution in [-0.2, 0) is 0 Å². The molecule has 0 aromatic carbocycles. The van der Waals surface area contributed by atoms with E-state index in [0.717, 1.165) is 18.7 Å². The molecule has 1 fully saturated rings. The Morgan fingerprint density at radius 1 is 1.47 bits per heavy atom. The first-order valence-corrected chi connectivity index (χ1v) is 5.49. The van der Waals surface area contributed by atoms with Crippen molar-refractivity contribution < 1.29 is 0 Å². The van der Waals surface area contributed by atoms with Gasteiger partial charge in [-0.15, -0.1) is 0 Å². The van der Waals surface area contributed by atoms with Crippen LogP contribution in [-0.4, -0.2) is 23.1 Å². The Kier molecular flexibility index (Phi) is 1.99. The van der Waals surface area contributed by atoms with Crippen LogP contribution in [0.1, 0.15) is 23.6 Å². The largest absolute Gasteiger partial charge is 0.343 e. The first-order valence-electron chi connectivity index (χ1n) is 5.49. The Labute approximate surface area is 88.9 Å². The summed E-state index contributed by atoms with van der Waals surface area (Å²) in [5, 5.41) is 4.65. The number of rotatable bonds is 1. The quantitative estimate of drug-likeness (QED) is 0.740. The zero-order chi connectivity index (χ0) is 10.3. The maximum atomic E-state index is 4.36. The maximum Gasteiger partial charge on any atom is 0.137 e. The van der Waals surface area contributed by atoms with E-state index >= 15 is 0 Å². The number of aromatic nitrogens is 2. The predicted octanol–water partition coefficient (Wildman–Crippen LogP) is 1.95. The normalized spacial score (nSPS) is 21.3. The Balaban J connectivity index is 2.09. The molecule has 0 radical (unpaired) electrons. The SMILES string of the molecule is Cc1ccnc2[nH]c(C3CCNC3)cc12. The highest BCUT2D eigenvalue weighted by molar-refractivity contribution is 5.80. The van der Waals surface area contributed by atoms with E-state index in [2.05, 4.69) is 34.3 Å². The van der Waals surface area contributed by atoms with Crippen molar-refractivity contribution in [2.24, 2.45) is 0 Å². The number of aryl methyl sites for hydroxylation is 1. The minimum atomic E-state index is 0.638. The van der Waals surface area contributed by atoms with Gasteiger partial charge >= 0.3 is 0 Å². The van der Waals surface area contributed by atoms with Crippen LogP contribution in [0.25, 0.3) is 11.0 Å². The fourth-order valence-electron chi connectivity index (χ4n) is 2.32. The summed E-state index contributed by atoms with van der Waals surface area (Å²) in [6.07, 6.45) is 3.09. The first-order chi connectivity index (χ1) is 7.34. The second-order valence-corrected chi connectivity index (χ2v) is 4.30. The lowest BCUT2D eigenvalue weighted by Gasteiger charge is -2.03. The third-order valence-corrected chi connectivity index (χ3v) is 3.27. The van der Waals surface area contributed by atoms with Crippen molar-refractivity contribution in [1.29, 1.82) is 0 Å². The Morgan fingerprint density at radius 3 is 3.13 bits per heavy atom. The van der Waals surface area contributed by atoms with Crippen molar-refractivity contribution in [2.45, 2.75) is 19.3 Å². The predicted molar refractivity (Wildman–Crippen MR) is 61.1 cm³/mol. The molecule has 78 valence electrons. The standard InChI is InChI=1S/C12H15N3/c1-8-2-5-14-12-10(8)6-11(15-12)9-3-4-13-7-9/h2,5-6,9,13H,3-4,7H2,1H3,(H,14,15). The number of H-pyrrole nitrogens is 1.